The predicted octanol–water partition coefficient (Wildman–Crippen LogP) is 4.09. The summed E-state index contributed by atoms with van der Waals surface area (Å²) in [6.45, 7) is 4.79. The van der Waals surface area contributed by atoms with Crippen LogP contribution in [0.2, 0.25) is 0 Å². The minimum absolute atomic E-state index is 0.0595. The van der Waals surface area contributed by atoms with Crippen LogP contribution in [0.1, 0.15) is 18.5 Å². The number of amides is 4. The lowest BCUT2D eigenvalue weighted by molar-refractivity contribution is 0.196. The summed E-state index contributed by atoms with van der Waals surface area (Å²) in [7, 11) is 0. The van der Waals surface area contributed by atoms with Gasteiger partial charge in [0.25, 0.3) is 0 Å². The van der Waals surface area contributed by atoms with E-state index in [1.54, 1.807) is 12.1 Å². The number of fused-ring (bicyclic) bond motifs is 1. The molecule has 0 bridgehead atoms. The van der Waals surface area contributed by atoms with Crippen molar-refractivity contribution in [1.29, 1.82) is 0 Å². The van der Waals surface area contributed by atoms with Gasteiger partial charge in [-0.25, -0.2) is 14.0 Å². The number of aromatic nitrogens is 1. The molecule has 178 valence electrons. The number of aryl methyl sites for hydroxylation is 1. The Morgan fingerprint density at radius 2 is 1.82 bits per heavy atom. The minimum atomic E-state index is -0.391. The topological polar surface area (TPSA) is 98.4 Å². The highest BCUT2D eigenvalue weighted by molar-refractivity contribution is 6.00. The molecule has 0 atom stereocenters. The highest BCUT2D eigenvalue weighted by Gasteiger charge is 2.20. The number of nitrogens with one attached hydrogen (secondary N) is 4. The van der Waals surface area contributed by atoms with Gasteiger partial charge in [-0.2, -0.15) is 0 Å². The fraction of sp³-hybridized carbons (Fsp3) is 0.320. The average molecular weight is 465 g/mol. The van der Waals surface area contributed by atoms with Gasteiger partial charge in [0.05, 0.1) is 11.2 Å². The minimum Gasteiger partial charge on any atom is -0.337 e. The zero-order valence-corrected chi connectivity index (χ0v) is 19.1. The van der Waals surface area contributed by atoms with Crippen LogP contribution in [-0.2, 0) is 0 Å². The molecule has 9 heteroatoms. The van der Waals surface area contributed by atoms with Gasteiger partial charge in [-0.1, -0.05) is 24.3 Å². The molecule has 0 spiro atoms. The number of anilines is 2. The highest BCUT2D eigenvalue weighted by Crippen LogP contribution is 2.22. The van der Waals surface area contributed by atoms with E-state index in [2.05, 4.69) is 31.2 Å². The molecule has 8 nitrogen and oxygen atoms in total. The Morgan fingerprint density at radius 1 is 1.03 bits per heavy atom. The first-order valence-corrected chi connectivity index (χ1v) is 11.4. The van der Waals surface area contributed by atoms with Crippen LogP contribution in [0.15, 0.2) is 54.6 Å². The SMILES string of the molecule is Cc1cc(NC(=O)NCCN2CCC(NC(=O)Nc3cccc(F)c3)CC2)c2ccccc2n1. The third-order valence-corrected chi connectivity index (χ3v) is 5.81. The predicted molar refractivity (Wildman–Crippen MR) is 132 cm³/mol. The molecule has 2 heterocycles. The maximum absolute atomic E-state index is 13.2. The number of nitrogens with zero attached hydrogens (tertiary/aromatic N) is 2. The Kier molecular flexibility index (Phi) is 7.54. The molecule has 4 rings (SSSR count). The molecule has 1 aliphatic rings. The van der Waals surface area contributed by atoms with Gasteiger partial charge >= 0.3 is 12.1 Å². The first-order chi connectivity index (χ1) is 16.5. The van der Waals surface area contributed by atoms with Crippen LogP contribution in [0.25, 0.3) is 10.9 Å². The van der Waals surface area contributed by atoms with Gasteiger partial charge < -0.3 is 26.2 Å². The first-order valence-electron chi connectivity index (χ1n) is 11.4. The van der Waals surface area contributed by atoms with Crippen molar-refractivity contribution in [3.8, 4) is 0 Å². The molecule has 1 saturated heterocycles. The molecular weight excluding hydrogens is 435 g/mol. The summed E-state index contributed by atoms with van der Waals surface area (Å²) in [5.41, 5.74) is 2.85. The monoisotopic (exact) mass is 464 g/mol. The van der Waals surface area contributed by atoms with Crippen LogP contribution >= 0.6 is 0 Å². The Bertz CT molecular complexity index is 1160. The van der Waals surface area contributed by atoms with Crippen molar-refractivity contribution < 1.29 is 14.0 Å². The van der Waals surface area contributed by atoms with Crippen LogP contribution < -0.4 is 21.3 Å². The van der Waals surface area contributed by atoms with Crippen LogP contribution in [0.5, 0.6) is 0 Å². The van der Waals surface area contributed by atoms with Crippen molar-refractivity contribution in [3.63, 3.8) is 0 Å². The summed E-state index contributed by atoms with van der Waals surface area (Å²) in [4.78, 5) is 31.3. The molecule has 2 aromatic carbocycles. The van der Waals surface area contributed by atoms with Gasteiger partial charge in [0.2, 0.25) is 0 Å². The lowest BCUT2D eigenvalue weighted by Gasteiger charge is -2.32. The van der Waals surface area contributed by atoms with Gasteiger partial charge in [-0.3, -0.25) is 4.98 Å². The van der Waals surface area contributed by atoms with Gasteiger partial charge in [-0.15, -0.1) is 0 Å². The number of urea groups is 2. The zero-order chi connectivity index (χ0) is 23.9. The smallest absolute Gasteiger partial charge is 0.319 e. The molecule has 4 amide bonds. The van der Waals surface area contributed by atoms with E-state index in [1.807, 2.05) is 37.3 Å². The Morgan fingerprint density at radius 3 is 2.62 bits per heavy atom. The number of halogens is 1. The number of benzene rings is 2. The molecule has 3 aromatic rings. The summed E-state index contributed by atoms with van der Waals surface area (Å²) < 4.78 is 13.2. The number of pyridine rings is 1. The summed E-state index contributed by atoms with van der Waals surface area (Å²) >= 11 is 0. The average Bonchev–Trinajstić information content (AvgIpc) is 2.80. The molecule has 0 radical (unpaired) electrons. The maximum atomic E-state index is 13.2. The number of piperidine rings is 1. The highest BCUT2D eigenvalue weighted by atomic mass is 19.1. The normalized spacial score (nSPS) is 14.5. The molecular formula is C25H29FN6O2. The van der Waals surface area contributed by atoms with Crippen LogP contribution in [0.3, 0.4) is 0 Å². The standard InChI is InChI=1S/C25H29FN6O2/c1-17-15-23(21-7-2-3-8-22(21)28-17)31-24(33)27-11-14-32-12-9-19(10-13-32)29-25(34)30-20-6-4-5-18(26)16-20/h2-8,15-16,19H,9-14H2,1H3,(H2,29,30,34)(H2,27,28,31,33). The van der Waals surface area contributed by atoms with Crippen molar-refractivity contribution in [2.45, 2.75) is 25.8 Å². The van der Waals surface area contributed by atoms with Gasteiger partial charge in [-0.05, 0) is 50.1 Å². The number of para-hydroxylation sites is 1. The third-order valence-electron chi connectivity index (χ3n) is 5.81. The van der Waals surface area contributed by atoms with Gasteiger partial charge in [0, 0.05) is 49.0 Å². The zero-order valence-electron chi connectivity index (χ0n) is 19.1. The second kappa shape index (κ2) is 10.9. The molecule has 1 aromatic heterocycles. The number of hydrogen-bond donors (Lipinski definition) is 4. The van der Waals surface area contributed by atoms with Crippen LogP contribution in [0.4, 0.5) is 25.4 Å². The summed E-state index contributed by atoms with van der Waals surface area (Å²) in [6.07, 6.45) is 1.62. The first kappa shape index (κ1) is 23.4. The maximum Gasteiger partial charge on any atom is 0.319 e. The van der Waals surface area contributed by atoms with E-state index in [4.69, 9.17) is 0 Å². The third kappa shape index (κ3) is 6.41. The van der Waals surface area contributed by atoms with Crippen molar-refractivity contribution in [2.24, 2.45) is 0 Å². The molecule has 1 aliphatic heterocycles. The Labute approximate surface area is 197 Å². The Hall–Kier alpha value is -3.72. The molecule has 1 fully saturated rings. The van der Waals surface area contributed by atoms with E-state index in [0.717, 1.165) is 54.8 Å². The van der Waals surface area contributed by atoms with Crippen molar-refractivity contribution >= 4 is 34.3 Å². The molecule has 0 saturated carbocycles. The van der Waals surface area contributed by atoms with E-state index >= 15 is 0 Å². The molecule has 4 N–H and O–H groups in total. The number of hydrogen-bond acceptors (Lipinski definition) is 4. The fourth-order valence-corrected chi connectivity index (χ4v) is 4.12. The van der Waals surface area contributed by atoms with Crippen molar-refractivity contribution in [1.82, 2.24) is 20.5 Å². The second-order valence-corrected chi connectivity index (χ2v) is 8.43. The van der Waals surface area contributed by atoms with E-state index in [-0.39, 0.29) is 18.1 Å². The van der Waals surface area contributed by atoms with Gasteiger partial charge in [0.1, 0.15) is 5.82 Å². The fourth-order valence-electron chi connectivity index (χ4n) is 4.12. The van der Waals surface area contributed by atoms with Crippen molar-refractivity contribution in [3.05, 3.63) is 66.1 Å². The van der Waals surface area contributed by atoms with E-state index < -0.39 is 5.82 Å². The number of likely N-dealkylation sites (tertiary alicyclic amines) is 1. The summed E-state index contributed by atoms with van der Waals surface area (Å²) in [6, 6.07) is 14.9. The molecule has 0 aliphatic carbocycles. The lowest BCUT2D eigenvalue weighted by Crippen LogP contribution is -2.47. The van der Waals surface area contributed by atoms with E-state index in [0.29, 0.717) is 12.2 Å². The van der Waals surface area contributed by atoms with E-state index in [1.165, 1.54) is 12.1 Å². The van der Waals surface area contributed by atoms with Crippen LogP contribution in [0, 0.1) is 12.7 Å². The largest absolute Gasteiger partial charge is 0.337 e. The van der Waals surface area contributed by atoms with Crippen molar-refractivity contribution in [2.75, 3.05) is 36.8 Å². The summed E-state index contributed by atoms with van der Waals surface area (Å²) in [5.74, 6) is -0.391. The van der Waals surface area contributed by atoms with Gasteiger partial charge in [0.15, 0.2) is 0 Å². The second-order valence-electron chi connectivity index (χ2n) is 8.43. The summed E-state index contributed by atoms with van der Waals surface area (Å²) in [5, 5.41) is 12.4. The number of carbonyl (C=O) groups excluding carboxylic acids is 2. The molecule has 0 unspecified atom stereocenters. The molecule has 34 heavy (non-hydrogen) atoms. The van der Waals surface area contributed by atoms with E-state index in [9.17, 15) is 14.0 Å². The van der Waals surface area contributed by atoms with Crippen LogP contribution in [-0.4, -0.2) is 54.2 Å². The number of rotatable bonds is 6. The lowest BCUT2D eigenvalue weighted by atomic mass is 10.1. The quantitative estimate of drug-likeness (QED) is 0.442. The number of carbonyl (C=O) groups is 2. The Balaban J connectivity index is 1.16.